The van der Waals surface area contributed by atoms with E-state index in [2.05, 4.69) is 4.52 Å². The normalized spacial score (nSPS) is 12.8. The second kappa shape index (κ2) is 8.79. The third-order valence-electron chi connectivity index (χ3n) is 3.78. The number of hydrogen-bond donors (Lipinski definition) is 2. The number of hydrogen-bond acceptors (Lipinski definition) is 5. The van der Waals surface area contributed by atoms with Crippen LogP contribution < -0.4 is 0 Å². The third kappa shape index (κ3) is 5.65. The lowest BCUT2D eigenvalue weighted by atomic mass is 9.97. The molecule has 2 aromatic carbocycles. The summed E-state index contributed by atoms with van der Waals surface area (Å²) in [6.07, 6.45) is 0.629. The molecule has 2 N–H and O–H groups in total. The van der Waals surface area contributed by atoms with Gasteiger partial charge in [0, 0.05) is 27.3 Å². The van der Waals surface area contributed by atoms with E-state index >= 15 is 0 Å². The molecule has 9 heteroatoms. The summed E-state index contributed by atoms with van der Waals surface area (Å²) in [6, 6.07) is 12.9. The van der Waals surface area contributed by atoms with E-state index in [1.165, 1.54) is 17.8 Å². The zero-order chi connectivity index (χ0) is 19.3. The van der Waals surface area contributed by atoms with E-state index in [4.69, 9.17) is 9.79 Å². The Kier molecular flexibility index (Phi) is 6.97. The van der Waals surface area contributed by atoms with Gasteiger partial charge in [0.05, 0.1) is 11.5 Å². The molecule has 2 aromatic rings. The molecule has 0 amide bonds. The Bertz CT molecular complexity index is 824. The fraction of sp³-hybridized carbons (Fsp3) is 0.294. The van der Waals surface area contributed by atoms with Crippen molar-refractivity contribution in [1.29, 1.82) is 0 Å². The molecule has 7 nitrogen and oxygen atoms in total. The van der Waals surface area contributed by atoms with Crippen molar-refractivity contribution in [3.05, 3.63) is 63.7 Å². The molecule has 2 rings (SSSR count). The molecule has 0 heterocycles. The van der Waals surface area contributed by atoms with Crippen LogP contribution in [0.25, 0.3) is 0 Å². The zero-order valence-corrected chi connectivity index (χ0v) is 16.1. The first-order valence-corrected chi connectivity index (χ1v) is 10.3. The fourth-order valence-electron chi connectivity index (χ4n) is 2.47. The first-order chi connectivity index (χ1) is 12.2. The first kappa shape index (κ1) is 20.6. The van der Waals surface area contributed by atoms with Crippen LogP contribution in [0, 0.1) is 10.1 Å². The van der Waals surface area contributed by atoms with Gasteiger partial charge in [-0.3, -0.25) is 14.6 Å². The summed E-state index contributed by atoms with van der Waals surface area (Å²) < 4.78 is 15.5. The van der Waals surface area contributed by atoms with E-state index in [0.717, 1.165) is 15.4 Å². The second-order valence-electron chi connectivity index (χ2n) is 5.73. The van der Waals surface area contributed by atoms with Crippen LogP contribution >= 0.6 is 19.6 Å². The molecule has 0 aliphatic heterocycles. The summed E-state index contributed by atoms with van der Waals surface area (Å²) in [5.41, 5.74) is 1.16. The van der Waals surface area contributed by atoms with Crippen molar-refractivity contribution in [2.75, 3.05) is 6.61 Å². The monoisotopic (exact) mass is 397 g/mol. The van der Waals surface area contributed by atoms with Gasteiger partial charge in [-0.1, -0.05) is 43.8 Å². The second-order valence-corrected chi connectivity index (χ2v) is 8.09. The molecule has 0 bridgehead atoms. The van der Waals surface area contributed by atoms with Crippen molar-refractivity contribution in [3.8, 4) is 0 Å². The molecule has 0 radical (unpaired) electrons. The quantitative estimate of drug-likeness (QED) is 0.383. The van der Waals surface area contributed by atoms with Gasteiger partial charge in [-0.25, -0.2) is 4.57 Å². The molecule has 0 aromatic heterocycles. The molecule has 140 valence electrons. The summed E-state index contributed by atoms with van der Waals surface area (Å²) in [5, 5.41) is 11.5. The van der Waals surface area contributed by atoms with Gasteiger partial charge < -0.3 is 9.79 Å². The van der Waals surface area contributed by atoms with Crippen LogP contribution in [0.3, 0.4) is 0 Å². The molecule has 0 saturated heterocycles. The van der Waals surface area contributed by atoms with Crippen LogP contribution in [-0.2, 0) is 15.5 Å². The van der Waals surface area contributed by atoms with E-state index in [1.54, 1.807) is 13.0 Å². The largest absolute Gasteiger partial charge is 0.469 e. The molecule has 0 saturated carbocycles. The molecule has 0 fully saturated rings. The van der Waals surface area contributed by atoms with Gasteiger partial charge >= 0.3 is 7.82 Å². The maximum absolute atomic E-state index is 11.5. The van der Waals surface area contributed by atoms with E-state index in [0.29, 0.717) is 12.0 Å². The Labute approximate surface area is 155 Å². The number of benzene rings is 2. The minimum absolute atomic E-state index is 0.0685. The number of phosphoric ester groups is 1. The number of nitro benzene ring substituents is 1. The topological polar surface area (TPSA) is 110 Å². The maximum atomic E-state index is 11.5. The van der Waals surface area contributed by atoms with E-state index in [1.807, 2.05) is 37.3 Å². The van der Waals surface area contributed by atoms with Gasteiger partial charge in [0.15, 0.2) is 0 Å². The minimum atomic E-state index is -4.64. The van der Waals surface area contributed by atoms with Gasteiger partial charge in [0.25, 0.3) is 5.69 Å². The Morgan fingerprint density at radius 1 is 1.27 bits per heavy atom. The van der Waals surface area contributed by atoms with Crippen LogP contribution in [0.5, 0.6) is 0 Å². The molecule has 1 unspecified atom stereocenters. The highest BCUT2D eigenvalue weighted by Gasteiger charge is 2.25. The fourth-order valence-corrected chi connectivity index (χ4v) is 3.95. The zero-order valence-electron chi connectivity index (χ0n) is 14.4. The Hall–Kier alpha value is -1.70. The molecule has 0 spiro atoms. The van der Waals surface area contributed by atoms with Gasteiger partial charge in [-0.05, 0) is 30.2 Å². The van der Waals surface area contributed by atoms with Crippen LogP contribution in [0.2, 0.25) is 0 Å². The van der Waals surface area contributed by atoms with Crippen LogP contribution in [-0.4, -0.2) is 21.3 Å². The number of rotatable bonds is 8. The number of nitro groups is 1. The lowest BCUT2D eigenvalue weighted by Crippen LogP contribution is -2.07. The van der Waals surface area contributed by atoms with E-state index < -0.39 is 18.7 Å². The Morgan fingerprint density at radius 2 is 1.92 bits per heavy atom. The van der Waals surface area contributed by atoms with Crippen LogP contribution in [0.4, 0.5) is 5.69 Å². The SMILES string of the molecule is CCc1cc([N+](=O)[O-])c(C(C)COP(=O)(O)O)cc1Sc1ccccc1. The van der Waals surface area contributed by atoms with Crippen molar-refractivity contribution in [1.82, 2.24) is 0 Å². The van der Waals surface area contributed by atoms with Crippen LogP contribution in [0.15, 0.2) is 52.3 Å². The Morgan fingerprint density at radius 3 is 2.46 bits per heavy atom. The highest BCUT2D eigenvalue weighted by molar-refractivity contribution is 7.99. The summed E-state index contributed by atoms with van der Waals surface area (Å²) in [6.45, 7) is 3.25. The molecule has 0 aliphatic rings. The lowest BCUT2D eigenvalue weighted by Gasteiger charge is -2.16. The Balaban J connectivity index is 2.42. The summed E-state index contributed by atoms with van der Waals surface area (Å²) in [5.74, 6) is -0.552. The van der Waals surface area contributed by atoms with Crippen LogP contribution in [0.1, 0.15) is 30.9 Å². The van der Waals surface area contributed by atoms with E-state index in [9.17, 15) is 14.7 Å². The molecule has 1 atom stereocenters. The molecule has 26 heavy (non-hydrogen) atoms. The smallest absolute Gasteiger partial charge is 0.303 e. The van der Waals surface area contributed by atoms with Gasteiger partial charge in [0.2, 0.25) is 0 Å². The van der Waals surface area contributed by atoms with Crippen molar-refractivity contribution in [3.63, 3.8) is 0 Å². The standard InChI is InChI=1S/C17H20NO6PS/c1-3-13-9-16(18(19)20)15(12(2)11-24-25(21,22)23)10-17(13)26-14-7-5-4-6-8-14/h4-10,12H,3,11H2,1-2H3,(H2,21,22,23). The van der Waals surface area contributed by atoms with Crippen molar-refractivity contribution in [2.24, 2.45) is 0 Å². The van der Waals surface area contributed by atoms with Crippen molar-refractivity contribution < 1.29 is 23.8 Å². The number of aryl methyl sites for hydroxylation is 1. The van der Waals surface area contributed by atoms with Crippen molar-refractivity contribution >= 4 is 25.3 Å². The predicted molar refractivity (Wildman–Crippen MR) is 99.5 cm³/mol. The molecular formula is C17H20NO6PS. The van der Waals surface area contributed by atoms with Gasteiger partial charge in [-0.2, -0.15) is 0 Å². The summed E-state index contributed by atoms with van der Waals surface area (Å²) in [7, 11) is -4.64. The highest BCUT2D eigenvalue weighted by Crippen LogP contribution is 2.41. The maximum Gasteiger partial charge on any atom is 0.469 e. The number of phosphoric acid groups is 1. The third-order valence-corrected chi connectivity index (χ3v) is 5.38. The minimum Gasteiger partial charge on any atom is -0.303 e. The summed E-state index contributed by atoms with van der Waals surface area (Å²) >= 11 is 1.50. The highest BCUT2D eigenvalue weighted by atomic mass is 32.2. The summed E-state index contributed by atoms with van der Waals surface area (Å²) in [4.78, 5) is 30.6. The average Bonchev–Trinajstić information content (AvgIpc) is 2.59. The average molecular weight is 397 g/mol. The first-order valence-electron chi connectivity index (χ1n) is 7.95. The van der Waals surface area contributed by atoms with Gasteiger partial charge in [0.1, 0.15) is 0 Å². The van der Waals surface area contributed by atoms with E-state index in [-0.39, 0.29) is 12.3 Å². The number of nitrogens with zero attached hydrogens (tertiary/aromatic N) is 1. The van der Waals surface area contributed by atoms with Crippen molar-refractivity contribution in [2.45, 2.75) is 36.0 Å². The van der Waals surface area contributed by atoms with Gasteiger partial charge in [-0.15, -0.1) is 0 Å². The lowest BCUT2D eigenvalue weighted by molar-refractivity contribution is -0.385. The predicted octanol–water partition coefficient (Wildman–Crippen LogP) is 4.52. The molecular weight excluding hydrogens is 377 g/mol. The molecule has 0 aliphatic carbocycles.